The summed E-state index contributed by atoms with van der Waals surface area (Å²) >= 11 is 0. The van der Waals surface area contributed by atoms with Crippen molar-refractivity contribution in [2.45, 2.75) is 32.2 Å². The molecule has 2 aromatic heterocycles. The number of aromatic nitrogens is 4. The first-order valence-corrected chi connectivity index (χ1v) is 8.49. The standard InChI is InChI=1S/C19H19N5O/c25-19(17-7-6-15-3-1-2-4-16(15)9-17)22-11-14-5-8-18(21-10-14)24-13-20-12-23-24/h5-10,12-13H,1-4,11H2,(H,22,25). The molecule has 1 aliphatic rings. The third-order valence-corrected chi connectivity index (χ3v) is 4.53. The van der Waals surface area contributed by atoms with E-state index in [0.29, 0.717) is 12.4 Å². The summed E-state index contributed by atoms with van der Waals surface area (Å²) in [4.78, 5) is 20.6. The molecule has 6 heteroatoms. The average Bonchev–Trinajstić information content (AvgIpc) is 3.21. The highest BCUT2D eigenvalue weighted by molar-refractivity contribution is 5.94. The summed E-state index contributed by atoms with van der Waals surface area (Å²) in [5, 5.41) is 7.00. The van der Waals surface area contributed by atoms with E-state index in [-0.39, 0.29) is 5.91 Å². The molecule has 0 unspecified atom stereocenters. The summed E-state index contributed by atoms with van der Waals surface area (Å²) in [6.07, 6.45) is 9.46. The molecule has 0 atom stereocenters. The zero-order valence-electron chi connectivity index (χ0n) is 13.9. The molecule has 1 N–H and O–H groups in total. The number of carbonyl (C=O) groups is 1. The van der Waals surface area contributed by atoms with E-state index in [1.165, 1.54) is 30.3 Å². The lowest BCUT2D eigenvalue weighted by Crippen LogP contribution is -2.23. The Hall–Kier alpha value is -3.02. The van der Waals surface area contributed by atoms with Crippen molar-refractivity contribution in [2.75, 3.05) is 0 Å². The Bertz CT molecular complexity index is 871. The fourth-order valence-electron chi connectivity index (χ4n) is 3.14. The molecule has 0 saturated heterocycles. The molecule has 2 heterocycles. The minimum absolute atomic E-state index is 0.0475. The summed E-state index contributed by atoms with van der Waals surface area (Å²) in [5.41, 5.74) is 4.37. The Morgan fingerprint density at radius 3 is 2.76 bits per heavy atom. The summed E-state index contributed by atoms with van der Waals surface area (Å²) in [6.45, 7) is 0.445. The minimum Gasteiger partial charge on any atom is -0.348 e. The molecule has 1 aromatic carbocycles. The number of fused-ring (bicyclic) bond motifs is 1. The molecular weight excluding hydrogens is 314 g/mol. The molecule has 1 amide bonds. The summed E-state index contributed by atoms with van der Waals surface area (Å²) in [6, 6.07) is 9.84. The van der Waals surface area contributed by atoms with Gasteiger partial charge in [-0.05, 0) is 60.6 Å². The van der Waals surface area contributed by atoms with Gasteiger partial charge in [-0.2, -0.15) is 5.10 Å². The van der Waals surface area contributed by atoms with Crippen LogP contribution in [0.25, 0.3) is 5.82 Å². The Kier molecular flexibility index (Phi) is 4.24. The molecule has 0 bridgehead atoms. The topological polar surface area (TPSA) is 72.7 Å². The third kappa shape index (κ3) is 3.42. The Morgan fingerprint density at radius 2 is 2.00 bits per heavy atom. The first kappa shape index (κ1) is 15.5. The Morgan fingerprint density at radius 1 is 1.12 bits per heavy atom. The molecule has 0 saturated carbocycles. The number of nitrogens with one attached hydrogen (secondary N) is 1. The van der Waals surface area contributed by atoms with E-state index >= 15 is 0 Å². The van der Waals surface area contributed by atoms with Crippen molar-refractivity contribution in [3.05, 3.63) is 71.4 Å². The van der Waals surface area contributed by atoms with Crippen molar-refractivity contribution in [3.8, 4) is 5.82 Å². The van der Waals surface area contributed by atoms with Crippen LogP contribution in [-0.4, -0.2) is 25.7 Å². The van der Waals surface area contributed by atoms with Gasteiger partial charge < -0.3 is 5.32 Å². The zero-order valence-corrected chi connectivity index (χ0v) is 13.9. The highest BCUT2D eigenvalue weighted by Gasteiger charge is 2.12. The van der Waals surface area contributed by atoms with Crippen LogP contribution in [0.2, 0.25) is 0 Å². The van der Waals surface area contributed by atoms with Gasteiger partial charge in [0, 0.05) is 18.3 Å². The largest absolute Gasteiger partial charge is 0.348 e. The normalized spacial score (nSPS) is 13.3. The lowest BCUT2D eigenvalue weighted by molar-refractivity contribution is 0.0950. The second-order valence-corrected chi connectivity index (χ2v) is 6.24. The number of pyridine rings is 1. The van der Waals surface area contributed by atoms with Crippen LogP contribution in [0.5, 0.6) is 0 Å². The zero-order chi connectivity index (χ0) is 17.1. The van der Waals surface area contributed by atoms with Crippen molar-refractivity contribution >= 4 is 5.91 Å². The molecule has 6 nitrogen and oxygen atoms in total. The molecular formula is C19H19N5O. The number of carbonyl (C=O) groups excluding carboxylic acids is 1. The van der Waals surface area contributed by atoms with Crippen molar-refractivity contribution in [1.29, 1.82) is 0 Å². The van der Waals surface area contributed by atoms with Crippen molar-refractivity contribution in [1.82, 2.24) is 25.1 Å². The average molecular weight is 333 g/mol. The van der Waals surface area contributed by atoms with E-state index < -0.39 is 0 Å². The second kappa shape index (κ2) is 6.84. The molecule has 126 valence electrons. The number of rotatable bonds is 4. The highest BCUT2D eigenvalue weighted by atomic mass is 16.1. The fraction of sp³-hybridized carbons (Fsp3) is 0.263. The number of benzene rings is 1. The van der Waals surface area contributed by atoms with Gasteiger partial charge >= 0.3 is 0 Å². The molecule has 25 heavy (non-hydrogen) atoms. The van der Waals surface area contributed by atoms with E-state index in [4.69, 9.17) is 0 Å². The summed E-state index contributed by atoms with van der Waals surface area (Å²) in [5.74, 6) is 0.649. The van der Waals surface area contributed by atoms with Gasteiger partial charge in [-0.3, -0.25) is 4.79 Å². The second-order valence-electron chi connectivity index (χ2n) is 6.24. The van der Waals surface area contributed by atoms with Gasteiger partial charge in [0.05, 0.1) is 0 Å². The Labute approximate surface area is 145 Å². The maximum atomic E-state index is 12.4. The monoisotopic (exact) mass is 333 g/mol. The lowest BCUT2D eigenvalue weighted by Gasteiger charge is -2.16. The predicted octanol–water partition coefficient (Wildman–Crippen LogP) is 2.47. The number of nitrogens with zero attached hydrogens (tertiary/aromatic N) is 4. The van der Waals surface area contributed by atoms with Gasteiger partial charge in [0.25, 0.3) is 5.91 Å². The molecule has 1 aliphatic carbocycles. The SMILES string of the molecule is O=C(NCc1ccc(-n2cncn2)nc1)c1ccc2c(c1)CCCC2. The van der Waals surface area contributed by atoms with Crippen LogP contribution in [0.4, 0.5) is 0 Å². The van der Waals surface area contributed by atoms with Gasteiger partial charge in [0.1, 0.15) is 12.7 Å². The van der Waals surface area contributed by atoms with Gasteiger partial charge in [-0.1, -0.05) is 12.1 Å². The van der Waals surface area contributed by atoms with Crippen LogP contribution in [0.3, 0.4) is 0 Å². The summed E-state index contributed by atoms with van der Waals surface area (Å²) < 4.78 is 1.59. The van der Waals surface area contributed by atoms with Crippen molar-refractivity contribution in [2.24, 2.45) is 0 Å². The van der Waals surface area contributed by atoms with E-state index in [0.717, 1.165) is 24.0 Å². The summed E-state index contributed by atoms with van der Waals surface area (Å²) in [7, 11) is 0. The van der Waals surface area contributed by atoms with E-state index in [1.54, 1.807) is 17.2 Å². The number of hydrogen-bond donors (Lipinski definition) is 1. The quantitative estimate of drug-likeness (QED) is 0.796. The van der Waals surface area contributed by atoms with Crippen LogP contribution >= 0.6 is 0 Å². The first-order chi connectivity index (χ1) is 12.3. The molecule has 0 spiro atoms. The van der Waals surface area contributed by atoms with Crippen LogP contribution < -0.4 is 5.32 Å². The number of aryl methyl sites for hydroxylation is 2. The molecule has 4 rings (SSSR count). The van der Waals surface area contributed by atoms with Gasteiger partial charge in [0.15, 0.2) is 5.82 Å². The van der Waals surface area contributed by atoms with Crippen LogP contribution in [0.1, 0.15) is 39.9 Å². The van der Waals surface area contributed by atoms with E-state index in [1.807, 2.05) is 24.3 Å². The maximum Gasteiger partial charge on any atom is 0.251 e. The van der Waals surface area contributed by atoms with E-state index in [2.05, 4.69) is 26.4 Å². The first-order valence-electron chi connectivity index (χ1n) is 8.49. The fourth-order valence-corrected chi connectivity index (χ4v) is 3.14. The van der Waals surface area contributed by atoms with Crippen LogP contribution in [0.15, 0.2) is 49.2 Å². The highest BCUT2D eigenvalue weighted by Crippen LogP contribution is 2.22. The minimum atomic E-state index is -0.0475. The molecule has 0 radical (unpaired) electrons. The van der Waals surface area contributed by atoms with Gasteiger partial charge in [-0.25, -0.2) is 14.6 Å². The van der Waals surface area contributed by atoms with Crippen molar-refractivity contribution in [3.63, 3.8) is 0 Å². The van der Waals surface area contributed by atoms with Gasteiger partial charge in [-0.15, -0.1) is 0 Å². The van der Waals surface area contributed by atoms with Crippen LogP contribution in [-0.2, 0) is 19.4 Å². The van der Waals surface area contributed by atoms with E-state index in [9.17, 15) is 4.79 Å². The number of hydrogen-bond acceptors (Lipinski definition) is 4. The van der Waals surface area contributed by atoms with Crippen LogP contribution in [0, 0.1) is 0 Å². The lowest BCUT2D eigenvalue weighted by atomic mass is 9.90. The maximum absolute atomic E-state index is 12.4. The van der Waals surface area contributed by atoms with Crippen molar-refractivity contribution < 1.29 is 4.79 Å². The molecule has 3 aromatic rings. The predicted molar refractivity (Wildman–Crippen MR) is 93.4 cm³/mol. The number of amides is 1. The molecule has 0 aliphatic heterocycles. The molecule has 0 fully saturated rings. The third-order valence-electron chi connectivity index (χ3n) is 4.53. The smallest absolute Gasteiger partial charge is 0.251 e. The van der Waals surface area contributed by atoms with Gasteiger partial charge in [0.2, 0.25) is 0 Å². The Balaban J connectivity index is 1.40.